The van der Waals surface area contributed by atoms with E-state index in [1.807, 2.05) is 12.3 Å². The smallest absolute Gasteiger partial charge is 0.0702 e. The molecule has 3 heteroatoms. The molecule has 20 heavy (non-hydrogen) atoms. The third-order valence-electron chi connectivity index (χ3n) is 4.63. The van der Waals surface area contributed by atoms with Crippen LogP contribution in [0.2, 0.25) is 0 Å². The number of fused-ring (bicyclic) bond motifs is 1. The molecule has 2 heterocycles. The van der Waals surface area contributed by atoms with Crippen molar-refractivity contribution >= 4 is 10.9 Å². The second-order valence-corrected chi connectivity index (χ2v) is 6.32. The summed E-state index contributed by atoms with van der Waals surface area (Å²) < 4.78 is 0. The average molecular weight is 269 g/mol. The molecule has 0 spiro atoms. The summed E-state index contributed by atoms with van der Waals surface area (Å²) in [5.74, 6) is 0. The lowest BCUT2D eigenvalue weighted by atomic mass is 9.80. The Morgan fingerprint density at radius 1 is 1.25 bits per heavy atom. The predicted octanol–water partition coefficient (Wildman–Crippen LogP) is 2.80. The molecule has 1 aromatic carbocycles. The van der Waals surface area contributed by atoms with E-state index in [4.69, 9.17) is 5.73 Å². The molecule has 0 amide bonds. The van der Waals surface area contributed by atoms with Gasteiger partial charge in [0, 0.05) is 18.1 Å². The molecule has 1 aliphatic rings. The van der Waals surface area contributed by atoms with E-state index in [1.54, 1.807) is 0 Å². The second kappa shape index (κ2) is 5.51. The van der Waals surface area contributed by atoms with E-state index >= 15 is 0 Å². The van der Waals surface area contributed by atoms with Gasteiger partial charge >= 0.3 is 0 Å². The molecule has 0 aliphatic carbocycles. The number of hydrogen-bond donors (Lipinski definition) is 1. The van der Waals surface area contributed by atoms with Gasteiger partial charge in [-0.1, -0.05) is 19.1 Å². The maximum atomic E-state index is 5.87. The standard InChI is InChI=1S/C17H23N3/c1-17(13-18)6-9-20(10-7-17)12-14-4-5-16-15(11-14)3-2-8-19-16/h2-5,8,11H,6-7,9-10,12-13,18H2,1H3. The van der Waals surface area contributed by atoms with Crippen molar-refractivity contribution in [3.05, 3.63) is 42.1 Å². The number of aromatic nitrogens is 1. The van der Waals surface area contributed by atoms with Gasteiger partial charge in [-0.2, -0.15) is 0 Å². The Kier molecular flexibility index (Phi) is 3.72. The van der Waals surface area contributed by atoms with Gasteiger partial charge < -0.3 is 5.73 Å². The molecule has 0 unspecified atom stereocenters. The first-order valence-electron chi connectivity index (χ1n) is 7.45. The minimum absolute atomic E-state index is 0.351. The number of rotatable bonds is 3. The highest BCUT2D eigenvalue weighted by atomic mass is 15.1. The zero-order valence-corrected chi connectivity index (χ0v) is 12.2. The molecule has 0 atom stereocenters. The number of piperidine rings is 1. The Labute approximate surface area is 120 Å². The molecule has 1 aromatic heterocycles. The molecular weight excluding hydrogens is 246 g/mol. The van der Waals surface area contributed by atoms with Crippen LogP contribution >= 0.6 is 0 Å². The Hall–Kier alpha value is -1.45. The largest absolute Gasteiger partial charge is 0.330 e. The lowest BCUT2D eigenvalue weighted by molar-refractivity contribution is 0.119. The summed E-state index contributed by atoms with van der Waals surface area (Å²) in [4.78, 5) is 6.91. The van der Waals surface area contributed by atoms with E-state index in [1.165, 1.54) is 23.8 Å². The van der Waals surface area contributed by atoms with Crippen LogP contribution in [0.3, 0.4) is 0 Å². The maximum absolute atomic E-state index is 5.87. The van der Waals surface area contributed by atoms with Crippen molar-refractivity contribution in [2.75, 3.05) is 19.6 Å². The van der Waals surface area contributed by atoms with Crippen molar-refractivity contribution in [2.24, 2.45) is 11.1 Å². The normalized spacial score (nSPS) is 19.3. The number of benzene rings is 1. The number of nitrogens with two attached hydrogens (primary N) is 1. The second-order valence-electron chi connectivity index (χ2n) is 6.32. The van der Waals surface area contributed by atoms with Crippen molar-refractivity contribution in [1.29, 1.82) is 0 Å². The lowest BCUT2D eigenvalue weighted by Gasteiger charge is -2.38. The van der Waals surface area contributed by atoms with Crippen LogP contribution in [0.5, 0.6) is 0 Å². The van der Waals surface area contributed by atoms with Gasteiger partial charge in [0.25, 0.3) is 0 Å². The van der Waals surface area contributed by atoms with Gasteiger partial charge in [0.1, 0.15) is 0 Å². The molecule has 0 bridgehead atoms. The molecule has 106 valence electrons. The van der Waals surface area contributed by atoms with E-state index in [9.17, 15) is 0 Å². The fraction of sp³-hybridized carbons (Fsp3) is 0.471. The number of pyridine rings is 1. The van der Waals surface area contributed by atoms with Gasteiger partial charge in [-0.25, -0.2) is 0 Å². The van der Waals surface area contributed by atoms with E-state index in [-0.39, 0.29) is 0 Å². The highest BCUT2D eigenvalue weighted by molar-refractivity contribution is 5.78. The minimum Gasteiger partial charge on any atom is -0.330 e. The number of nitrogens with zero attached hydrogens (tertiary/aromatic N) is 2. The van der Waals surface area contributed by atoms with E-state index in [2.05, 4.69) is 41.1 Å². The minimum atomic E-state index is 0.351. The highest BCUT2D eigenvalue weighted by Gasteiger charge is 2.28. The Bertz CT molecular complexity index is 586. The van der Waals surface area contributed by atoms with Crippen LogP contribution in [-0.4, -0.2) is 29.5 Å². The molecule has 2 N–H and O–H groups in total. The van der Waals surface area contributed by atoms with Crippen molar-refractivity contribution in [3.63, 3.8) is 0 Å². The molecule has 1 saturated heterocycles. The summed E-state index contributed by atoms with van der Waals surface area (Å²) in [6.07, 6.45) is 4.26. The summed E-state index contributed by atoms with van der Waals surface area (Å²) >= 11 is 0. The molecule has 0 saturated carbocycles. The summed E-state index contributed by atoms with van der Waals surface area (Å²) in [6.45, 7) is 6.46. The Morgan fingerprint density at radius 2 is 2.05 bits per heavy atom. The van der Waals surface area contributed by atoms with Crippen LogP contribution in [0.1, 0.15) is 25.3 Å². The highest BCUT2D eigenvalue weighted by Crippen LogP contribution is 2.30. The third kappa shape index (κ3) is 2.84. The Morgan fingerprint density at radius 3 is 2.80 bits per heavy atom. The Balaban J connectivity index is 1.68. The first-order chi connectivity index (χ1) is 9.68. The van der Waals surface area contributed by atoms with Crippen LogP contribution in [0.25, 0.3) is 10.9 Å². The molecule has 3 nitrogen and oxygen atoms in total. The first-order valence-corrected chi connectivity index (χ1v) is 7.45. The van der Waals surface area contributed by atoms with Crippen molar-refractivity contribution in [1.82, 2.24) is 9.88 Å². The third-order valence-corrected chi connectivity index (χ3v) is 4.63. The monoisotopic (exact) mass is 269 g/mol. The van der Waals surface area contributed by atoms with Crippen LogP contribution in [0, 0.1) is 5.41 Å². The zero-order chi connectivity index (χ0) is 14.0. The number of hydrogen-bond acceptors (Lipinski definition) is 3. The van der Waals surface area contributed by atoms with Gasteiger partial charge in [-0.3, -0.25) is 9.88 Å². The van der Waals surface area contributed by atoms with Crippen molar-refractivity contribution < 1.29 is 0 Å². The summed E-state index contributed by atoms with van der Waals surface area (Å²) in [7, 11) is 0. The summed E-state index contributed by atoms with van der Waals surface area (Å²) in [5, 5.41) is 1.23. The van der Waals surface area contributed by atoms with Crippen LogP contribution in [0.4, 0.5) is 0 Å². The van der Waals surface area contributed by atoms with Gasteiger partial charge in [-0.05, 0) is 61.7 Å². The molecule has 1 fully saturated rings. The molecule has 0 radical (unpaired) electrons. The van der Waals surface area contributed by atoms with Crippen molar-refractivity contribution in [2.45, 2.75) is 26.3 Å². The molecule has 3 rings (SSSR count). The van der Waals surface area contributed by atoms with Gasteiger partial charge in [0.2, 0.25) is 0 Å². The summed E-state index contributed by atoms with van der Waals surface area (Å²) in [6, 6.07) is 10.7. The van der Waals surface area contributed by atoms with Crippen LogP contribution in [0.15, 0.2) is 36.5 Å². The van der Waals surface area contributed by atoms with E-state index in [0.29, 0.717) is 5.41 Å². The first kappa shape index (κ1) is 13.5. The topological polar surface area (TPSA) is 42.1 Å². The summed E-state index contributed by atoms with van der Waals surface area (Å²) in [5.41, 5.74) is 8.67. The van der Waals surface area contributed by atoms with E-state index < -0.39 is 0 Å². The molecule has 2 aromatic rings. The lowest BCUT2D eigenvalue weighted by Crippen LogP contribution is -2.41. The predicted molar refractivity (Wildman–Crippen MR) is 83.4 cm³/mol. The molecule has 1 aliphatic heterocycles. The SMILES string of the molecule is CC1(CN)CCN(Cc2ccc3ncccc3c2)CC1. The van der Waals surface area contributed by atoms with Gasteiger partial charge in [0.15, 0.2) is 0 Å². The van der Waals surface area contributed by atoms with Crippen molar-refractivity contribution in [3.8, 4) is 0 Å². The zero-order valence-electron chi connectivity index (χ0n) is 12.2. The fourth-order valence-corrected chi connectivity index (χ4v) is 2.94. The van der Waals surface area contributed by atoms with Gasteiger partial charge in [-0.15, -0.1) is 0 Å². The number of likely N-dealkylation sites (tertiary alicyclic amines) is 1. The van der Waals surface area contributed by atoms with Crippen LogP contribution in [-0.2, 0) is 6.54 Å². The van der Waals surface area contributed by atoms with Crippen LogP contribution < -0.4 is 5.73 Å². The quantitative estimate of drug-likeness (QED) is 0.931. The fourth-order valence-electron chi connectivity index (χ4n) is 2.94. The van der Waals surface area contributed by atoms with E-state index in [0.717, 1.165) is 31.7 Å². The maximum Gasteiger partial charge on any atom is 0.0702 e. The molecular formula is C17H23N3. The average Bonchev–Trinajstić information content (AvgIpc) is 2.50. The van der Waals surface area contributed by atoms with Gasteiger partial charge in [0.05, 0.1) is 5.52 Å².